The second-order valence-electron chi connectivity index (χ2n) is 6.63. The number of aliphatic hydroxyl groups is 2. The second-order valence-corrected chi connectivity index (χ2v) is 6.63. The fraction of sp³-hybridized carbons (Fsp3) is 0.941. The van der Waals surface area contributed by atoms with Crippen LogP contribution < -0.4 is 0 Å². The summed E-state index contributed by atoms with van der Waals surface area (Å²) in [5.74, 6) is -0.298. The van der Waals surface area contributed by atoms with Crippen molar-refractivity contribution >= 4 is 5.91 Å². The lowest BCUT2D eigenvalue weighted by Crippen LogP contribution is -2.52. The number of rotatable bonds is 13. The summed E-state index contributed by atoms with van der Waals surface area (Å²) >= 11 is 0. The predicted octanol–water partition coefficient (Wildman–Crippen LogP) is 2.86. The van der Waals surface area contributed by atoms with E-state index in [1.807, 2.05) is 0 Å². The SMILES string of the molecule is CCCCCCCCCCCC[N+](C)(C)C(=O)C(O)CO. The number of carbonyl (C=O) groups is 1. The van der Waals surface area contributed by atoms with Gasteiger partial charge in [-0.2, -0.15) is 0 Å². The summed E-state index contributed by atoms with van der Waals surface area (Å²) in [7, 11) is 3.60. The molecule has 0 heterocycles. The first kappa shape index (κ1) is 20.6. The molecule has 21 heavy (non-hydrogen) atoms. The third-order valence-corrected chi connectivity index (χ3v) is 4.13. The summed E-state index contributed by atoms with van der Waals surface area (Å²) in [4.78, 5) is 11.8. The summed E-state index contributed by atoms with van der Waals surface area (Å²) in [5.41, 5.74) is 0. The van der Waals surface area contributed by atoms with Crippen LogP contribution in [0.3, 0.4) is 0 Å². The van der Waals surface area contributed by atoms with Crippen LogP contribution in [-0.4, -0.2) is 54.0 Å². The monoisotopic (exact) mass is 302 g/mol. The molecule has 4 nitrogen and oxygen atoms in total. The van der Waals surface area contributed by atoms with Gasteiger partial charge in [-0.25, -0.2) is 4.79 Å². The standard InChI is InChI=1S/C17H36NO3/c1-4-5-6-7-8-9-10-11-12-13-14-18(2,3)17(21)16(20)15-19/h16,19-20H,4-15H2,1-3H3/q+1. The number of amides is 1. The molecule has 0 rings (SSSR count). The highest BCUT2D eigenvalue weighted by Gasteiger charge is 2.31. The van der Waals surface area contributed by atoms with E-state index in [0.717, 1.165) is 19.4 Å². The molecule has 1 atom stereocenters. The van der Waals surface area contributed by atoms with E-state index in [9.17, 15) is 9.90 Å². The van der Waals surface area contributed by atoms with Gasteiger partial charge in [0.25, 0.3) is 0 Å². The Hall–Kier alpha value is -0.450. The molecule has 1 unspecified atom stereocenters. The zero-order valence-corrected chi connectivity index (χ0v) is 14.3. The first-order chi connectivity index (χ1) is 9.95. The molecule has 0 saturated heterocycles. The van der Waals surface area contributed by atoms with Crippen molar-refractivity contribution in [3.05, 3.63) is 0 Å². The molecule has 0 aromatic rings. The Morgan fingerprint density at radius 3 is 1.76 bits per heavy atom. The third kappa shape index (κ3) is 9.99. The molecule has 0 aliphatic carbocycles. The number of likely N-dealkylation sites (N-methyl/N-ethyl adjacent to an activating group) is 1. The fourth-order valence-electron chi connectivity index (χ4n) is 2.59. The van der Waals surface area contributed by atoms with Crippen LogP contribution in [0, 0.1) is 0 Å². The van der Waals surface area contributed by atoms with Crippen LogP contribution in [0.4, 0.5) is 0 Å². The Labute approximate surface area is 130 Å². The second kappa shape index (κ2) is 12.1. The minimum absolute atomic E-state index is 0.152. The van der Waals surface area contributed by atoms with E-state index in [4.69, 9.17) is 5.11 Å². The Morgan fingerprint density at radius 1 is 0.905 bits per heavy atom. The largest absolute Gasteiger partial charge is 0.393 e. The maximum absolute atomic E-state index is 11.8. The first-order valence-electron chi connectivity index (χ1n) is 8.62. The van der Waals surface area contributed by atoms with Crippen molar-refractivity contribution in [3.8, 4) is 0 Å². The molecule has 0 fully saturated rings. The lowest BCUT2D eigenvalue weighted by molar-refractivity contribution is -0.816. The quantitative estimate of drug-likeness (QED) is 0.406. The van der Waals surface area contributed by atoms with Crippen molar-refractivity contribution in [2.24, 2.45) is 0 Å². The van der Waals surface area contributed by atoms with Gasteiger partial charge >= 0.3 is 5.91 Å². The van der Waals surface area contributed by atoms with Crippen molar-refractivity contribution in [2.45, 2.75) is 77.2 Å². The van der Waals surface area contributed by atoms with E-state index in [2.05, 4.69) is 6.92 Å². The van der Waals surface area contributed by atoms with Crippen molar-refractivity contribution in [1.82, 2.24) is 0 Å². The minimum atomic E-state index is -1.25. The lowest BCUT2D eigenvalue weighted by Gasteiger charge is -2.28. The smallest absolute Gasteiger partial charge is 0.344 e. The highest BCUT2D eigenvalue weighted by Crippen LogP contribution is 2.12. The number of aliphatic hydroxyl groups excluding tert-OH is 2. The van der Waals surface area contributed by atoms with Gasteiger partial charge in [0.1, 0.15) is 0 Å². The molecule has 0 radical (unpaired) electrons. The molecular formula is C17H36NO3+. The maximum atomic E-state index is 11.8. The fourth-order valence-corrected chi connectivity index (χ4v) is 2.59. The summed E-state index contributed by atoms with van der Waals surface area (Å²) in [6, 6.07) is 0. The molecule has 2 N–H and O–H groups in total. The van der Waals surface area contributed by atoms with Gasteiger partial charge in [-0.1, -0.05) is 58.3 Å². The molecular weight excluding hydrogens is 266 g/mol. The van der Waals surface area contributed by atoms with Crippen LogP contribution in [-0.2, 0) is 4.79 Å². The van der Waals surface area contributed by atoms with Crippen molar-refractivity contribution in [2.75, 3.05) is 27.2 Å². The zero-order chi connectivity index (χ0) is 16.1. The third-order valence-electron chi connectivity index (χ3n) is 4.13. The Morgan fingerprint density at radius 2 is 1.33 bits per heavy atom. The van der Waals surface area contributed by atoms with E-state index >= 15 is 0 Å². The van der Waals surface area contributed by atoms with E-state index in [1.165, 1.54) is 51.4 Å². The number of nitrogens with zero attached hydrogens (tertiary/aromatic N) is 1. The van der Waals surface area contributed by atoms with Crippen molar-refractivity contribution in [1.29, 1.82) is 0 Å². The molecule has 0 aliphatic rings. The molecule has 0 spiro atoms. The van der Waals surface area contributed by atoms with Crippen LogP contribution >= 0.6 is 0 Å². The molecule has 0 saturated carbocycles. The first-order valence-corrected chi connectivity index (χ1v) is 8.62. The lowest BCUT2D eigenvalue weighted by atomic mass is 10.1. The van der Waals surface area contributed by atoms with Gasteiger partial charge in [0, 0.05) is 0 Å². The van der Waals surface area contributed by atoms with E-state index in [1.54, 1.807) is 14.1 Å². The van der Waals surface area contributed by atoms with E-state index in [0.29, 0.717) is 0 Å². The summed E-state index contributed by atoms with van der Waals surface area (Å²) in [6.45, 7) is 2.48. The maximum Gasteiger partial charge on any atom is 0.344 e. The van der Waals surface area contributed by atoms with Gasteiger partial charge in [-0.3, -0.25) is 4.48 Å². The normalized spacial score (nSPS) is 13.4. The van der Waals surface area contributed by atoms with Crippen LogP contribution in [0.5, 0.6) is 0 Å². The number of quaternary nitrogens is 1. The minimum Gasteiger partial charge on any atom is -0.393 e. The molecule has 0 aromatic carbocycles. The highest BCUT2D eigenvalue weighted by atomic mass is 16.3. The van der Waals surface area contributed by atoms with Crippen LogP contribution in [0.15, 0.2) is 0 Å². The highest BCUT2D eigenvalue weighted by molar-refractivity contribution is 5.73. The van der Waals surface area contributed by atoms with Gasteiger partial charge in [0.15, 0.2) is 6.10 Å². The number of unbranched alkanes of at least 4 members (excludes halogenated alkanes) is 9. The van der Waals surface area contributed by atoms with Crippen molar-refractivity contribution < 1.29 is 19.5 Å². The molecule has 0 aromatic heterocycles. The van der Waals surface area contributed by atoms with E-state index in [-0.39, 0.29) is 10.4 Å². The summed E-state index contributed by atoms with van der Waals surface area (Å²) in [5, 5.41) is 18.2. The molecule has 0 bridgehead atoms. The van der Waals surface area contributed by atoms with Gasteiger partial charge in [0.05, 0.1) is 27.2 Å². The topological polar surface area (TPSA) is 57.5 Å². The van der Waals surface area contributed by atoms with Crippen LogP contribution in [0.25, 0.3) is 0 Å². The molecule has 1 amide bonds. The average molecular weight is 302 g/mol. The molecule has 126 valence electrons. The predicted molar refractivity (Wildman–Crippen MR) is 86.9 cm³/mol. The Kier molecular flexibility index (Phi) is 11.9. The number of carbonyl (C=O) groups excluding carboxylic acids is 1. The Bertz CT molecular complexity index is 267. The van der Waals surface area contributed by atoms with Crippen molar-refractivity contribution in [3.63, 3.8) is 0 Å². The van der Waals surface area contributed by atoms with Crippen LogP contribution in [0.1, 0.15) is 71.1 Å². The van der Waals surface area contributed by atoms with Gasteiger partial charge in [-0.15, -0.1) is 0 Å². The van der Waals surface area contributed by atoms with Crippen LogP contribution in [0.2, 0.25) is 0 Å². The Balaban J connectivity index is 3.55. The van der Waals surface area contributed by atoms with E-state index < -0.39 is 12.7 Å². The van der Waals surface area contributed by atoms with Gasteiger partial charge < -0.3 is 10.2 Å². The number of hydrogen-bond acceptors (Lipinski definition) is 3. The molecule has 0 aliphatic heterocycles. The van der Waals surface area contributed by atoms with Gasteiger partial charge in [0.2, 0.25) is 0 Å². The summed E-state index contributed by atoms with van der Waals surface area (Å²) in [6.07, 6.45) is 11.5. The molecule has 4 heteroatoms. The average Bonchev–Trinajstić information content (AvgIpc) is 2.47. The van der Waals surface area contributed by atoms with Gasteiger partial charge in [-0.05, 0) is 12.8 Å². The zero-order valence-electron chi connectivity index (χ0n) is 14.3. The number of hydrogen-bond donors (Lipinski definition) is 2. The summed E-state index contributed by atoms with van der Waals surface area (Å²) < 4.78 is 0.152.